The van der Waals surface area contributed by atoms with Gasteiger partial charge in [-0.15, -0.1) is 10.2 Å². The van der Waals surface area contributed by atoms with Crippen LogP contribution >= 0.6 is 0 Å². The van der Waals surface area contributed by atoms with E-state index in [0.717, 1.165) is 0 Å². The second-order valence-electron chi connectivity index (χ2n) is 6.26. The minimum absolute atomic E-state index is 0.166. The van der Waals surface area contributed by atoms with Crippen LogP contribution in [0, 0.1) is 0 Å². The topological polar surface area (TPSA) is 111 Å². The molecule has 4 aromatic rings. The van der Waals surface area contributed by atoms with E-state index in [1.54, 1.807) is 28.9 Å². The molecule has 9 nitrogen and oxygen atoms in total. The van der Waals surface area contributed by atoms with Crippen molar-refractivity contribution in [1.82, 2.24) is 35.0 Å². The molecule has 1 amide bonds. The van der Waals surface area contributed by atoms with E-state index in [4.69, 9.17) is 4.52 Å². The highest BCUT2D eigenvalue weighted by molar-refractivity contribution is 5.93. The number of nitrogens with zero attached hydrogens (tertiary/aromatic N) is 6. The van der Waals surface area contributed by atoms with Gasteiger partial charge in [-0.2, -0.15) is 4.98 Å². The van der Waals surface area contributed by atoms with E-state index in [9.17, 15) is 4.79 Å². The highest BCUT2D eigenvalue weighted by Gasteiger charge is 2.17. The molecule has 0 aliphatic heterocycles. The predicted octanol–water partition coefficient (Wildman–Crippen LogP) is 2.23. The van der Waals surface area contributed by atoms with Crippen molar-refractivity contribution >= 4 is 11.6 Å². The monoisotopic (exact) mass is 363 g/mol. The summed E-state index contributed by atoms with van der Waals surface area (Å²) in [5.74, 6) is 1.58. The molecule has 9 heteroatoms. The summed E-state index contributed by atoms with van der Waals surface area (Å²) in [6.07, 6.45) is 4.97. The summed E-state index contributed by atoms with van der Waals surface area (Å²) in [5.41, 5.74) is 1.81. The second-order valence-corrected chi connectivity index (χ2v) is 6.26. The molecule has 0 saturated heterocycles. The fourth-order valence-corrected chi connectivity index (χ4v) is 2.59. The highest BCUT2D eigenvalue weighted by Crippen LogP contribution is 2.23. The molecule has 0 radical (unpaired) electrons. The lowest BCUT2D eigenvalue weighted by Gasteiger charge is -2.04. The summed E-state index contributed by atoms with van der Waals surface area (Å²) in [6.45, 7) is 4.22. The van der Waals surface area contributed by atoms with Crippen LogP contribution in [0.3, 0.4) is 0 Å². The quantitative estimate of drug-likeness (QED) is 0.579. The maximum atomic E-state index is 12.2. The molecule has 1 N–H and O–H groups in total. The average Bonchev–Trinajstić information content (AvgIpc) is 3.34. The number of carbonyl (C=O) groups excluding carboxylic acids is 1. The number of aromatic nitrogens is 6. The first-order chi connectivity index (χ1) is 13.1. The Labute approximate surface area is 154 Å². The van der Waals surface area contributed by atoms with Gasteiger partial charge in [-0.1, -0.05) is 19.0 Å². The molecule has 0 aliphatic rings. The largest absolute Gasteiger partial charge is 0.345 e. The van der Waals surface area contributed by atoms with Gasteiger partial charge in [-0.05, 0) is 24.3 Å². The Kier molecular flexibility index (Phi) is 4.33. The molecule has 0 aromatic carbocycles. The van der Waals surface area contributed by atoms with Crippen molar-refractivity contribution in [3.05, 3.63) is 60.1 Å². The lowest BCUT2D eigenvalue weighted by Crippen LogP contribution is -2.23. The van der Waals surface area contributed by atoms with Gasteiger partial charge >= 0.3 is 0 Å². The van der Waals surface area contributed by atoms with E-state index in [0.29, 0.717) is 34.3 Å². The number of hydrogen-bond donors (Lipinski definition) is 1. The maximum absolute atomic E-state index is 12.2. The Bertz CT molecular complexity index is 1090. The Hall–Kier alpha value is -3.62. The molecular weight excluding hydrogens is 346 g/mol. The van der Waals surface area contributed by atoms with Crippen LogP contribution in [-0.2, 0) is 6.54 Å². The van der Waals surface area contributed by atoms with Gasteiger partial charge in [0, 0.05) is 30.1 Å². The van der Waals surface area contributed by atoms with Gasteiger partial charge in [0.05, 0.1) is 12.1 Å². The summed E-state index contributed by atoms with van der Waals surface area (Å²) >= 11 is 0. The van der Waals surface area contributed by atoms with Crippen molar-refractivity contribution in [1.29, 1.82) is 0 Å². The van der Waals surface area contributed by atoms with Crippen LogP contribution in [0.1, 0.15) is 41.8 Å². The first kappa shape index (κ1) is 16.8. The fourth-order valence-electron chi connectivity index (χ4n) is 2.59. The molecule has 0 fully saturated rings. The normalized spacial score (nSPS) is 11.2. The molecule has 0 bridgehead atoms. The Balaban J connectivity index is 1.59. The summed E-state index contributed by atoms with van der Waals surface area (Å²) in [4.78, 5) is 20.5. The average molecular weight is 363 g/mol. The molecule has 27 heavy (non-hydrogen) atoms. The zero-order valence-electron chi connectivity index (χ0n) is 14.8. The van der Waals surface area contributed by atoms with E-state index in [2.05, 4.69) is 30.6 Å². The number of amides is 1. The lowest BCUT2D eigenvalue weighted by molar-refractivity contribution is 0.0949. The van der Waals surface area contributed by atoms with Gasteiger partial charge in [0.25, 0.3) is 11.8 Å². The van der Waals surface area contributed by atoms with E-state index < -0.39 is 0 Å². The van der Waals surface area contributed by atoms with Crippen molar-refractivity contribution in [2.45, 2.75) is 26.3 Å². The van der Waals surface area contributed by atoms with E-state index in [1.165, 1.54) is 0 Å². The number of carbonyl (C=O) groups is 1. The molecule has 0 spiro atoms. The van der Waals surface area contributed by atoms with E-state index in [-0.39, 0.29) is 18.4 Å². The van der Waals surface area contributed by atoms with Gasteiger partial charge in [0.1, 0.15) is 0 Å². The lowest BCUT2D eigenvalue weighted by atomic mass is 10.2. The van der Waals surface area contributed by atoms with Gasteiger partial charge in [0.2, 0.25) is 0 Å². The third-order valence-corrected chi connectivity index (χ3v) is 4.04. The van der Waals surface area contributed by atoms with Gasteiger partial charge in [-0.25, -0.2) is 0 Å². The summed E-state index contributed by atoms with van der Waals surface area (Å²) in [7, 11) is 0. The highest BCUT2D eigenvalue weighted by atomic mass is 16.5. The zero-order valence-corrected chi connectivity index (χ0v) is 14.8. The van der Waals surface area contributed by atoms with Crippen molar-refractivity contribution < 1.29 is 9.32 Å². The molecule has 0 unspecified atom stereocenters. The number of nitrogens with one attached hydrogen (secondary N) is 1. The van der Waals surface area contributed by atoms with E-state index in [1.807, 2.05) is 32.2 Å². The molecular formula is C18H17N7O2. The van der Waals surface area contributed by atoms with Crippen molar-refractivity contribution in [2.75, 3.05) is 0 Å². The number of pyridine rings is 2. The Morgan fingerprint density at radius 2 is 2.04 bits per heavy atom. The minimum atomic E-state index is -0.205. The fraction of sp³-hybridized carbons (Fsp3) is 0.222. The summed E-state index contributed by atoms with van der Waals surface area (Å²) < 4.78 is 7.16. The first-order valence-corrected chi connectivity index (χ1v) is 8.48. The molecule has 4 rings (SSSR count). The standard InChI is InChI=1S/C18H17N7O2/c1-11(2)15-21-18(27-24-15)13-4-3-9-25-14(22-23-16(13)25)10-20-17(26)12-5-7-19-8-6-12/h3-9,11H,10H2,1-2H3,(H,20,26). The second kappa shape index (κ2) is 6.94. The predicted molar refractivity (Wildman–Crippen MR) is 95.8 cm³/mol. The van der Waals surface area contributed by atoms with Gasteiger partial charge in [0.15, 0.2) is 17.3 Å². The van der Waals surface area contributed by atoms with Crippen LogP contribution < -0.4 is 5.32 Å². The van der Waals surface area contributed by atoms with Crippen LogP contribution in [0.5, 0.6) is 0 Å². The molecule has 0 atom stereocenters. The summed E-state index contributed by atoms with van der Waals surface area (Å²) in [6, 6.07) is 6.99. The van der Waals surface area contributed by atoms with Gasteiger partial charge < -0.3 is 9.84 Å². The first-order valence-electron chi connectivity index (χ1n) is 8.48. The van der Waals surface area contributed by atoms with E-state index >= 15 is 0 Å². The van der Waals surface area contributed by atoms with Crippen molar-refractivity contribution in [3.8, 4) is 11.5 Å². The smallest absolute Gasteiger partial charge is 0.261 e. The molecule has 0 saturated carbocycles. The number of fused-ring (bicyclic) bond motifs is 1. The Morgan fingerprint density at radius 3 is 2.78 bits per heavy atom. The zero-order chi connectivity index (χ0) is 18.8. The molecule has 0 aliphatic carbocycles. The molecule has 4 aromatic heterocycles. The van der Waals surface area contributed by atoms with Crippen LogP contribution in [-0.4, -0.2) is 35.6 Å². The SMILES string of the molecule is CC(C)c1noc(-c2cccn3c(CNC(=O)c4ccncc4)nnc23)n1. The third kappa shape index (κ3) is 3.26. The van der Waals surface area contributed by atoms with Crippen molar-refractivity contribution in [3.63, 3.8) is 0 Å². The van der Waals surface area contributed by atoms with Crippen LogP contribution in [0.2, 0.25) is 0 Å². The van der Waals surface area contributed by atoms with Crippen LogP contribution in [0.25, 0.3) is 17.1 Å². The minimum Gasteiger partial charge on any atom is -0.345 e. The maximum Gasteiger partial charge on any atom is 0.261 e. The number of rotatable bonds is 5. The van der Waals surface area contributed by atoms with Crippen molar-refractivity contribution in [2.24, 2.45) is 0 Å². The molecule has 4 heterocycles. The number of hydrogen-bond acceptors (Lipinski definition) is 7. The summed E-state index contributed by atoms with van der Waals surface area (Å²) in [5, 5.41) is 15.2. The molecule has 136 valence electrons. The Morgan fingerprint density at radius 1 is 1.22 bits per heavy atom. The van der Waals surface area contributed by atoms with Crippen LogP contribution in [0.15, 0.2) is 47.4 Å². The van der Waals surface area contributed by atoms with Gasteiger partial charge in [-0.3, -0.25) is 14.2 Å². The van der Waals surface area contributed by atoms with Crippen LogP contribution in [0.4, 0.5) is 0 Å². The third-order valence-electron chi connectivity index (χ3n) is 4.04.